The molecule has 1 aromatic carbocycles. The highest BCUT2D eigenvalue weighted by molar-refractivity contribution is 5.64. The molecule has 14 heavy (non-hydrogen) atoms. The van der Waals surface area contributed by atoms with Gasteiger partial charge in [-0.1, -0.05) is 12.1 Å². The van der Waals surface area contributed by atoms with Gasteiger partial charge in [-0.3, -0.25) is 10.1 Å². The van der Waals surface area contributed by atoms with Crippen LogP contribution in [0.4, 0.5) is 11.4 Å². The van der Waals surface area contributed by atoms with Crippen molar-refractivity contribution in [2.45, 2.75) is 6.10 Å². The van der Waals surface area contributed by atoms with Gasteiger partial charge >= 0.3 is 0 Å². The number of para-hydroxylation sites is 2. The molecule has 1 aliphatic rings. The molecule has 74 valence electrons. The Morgan fingerprint density at radius 1 is 1.43 bits per heavy atom. The predicted octanol–water partition coefficient (Wildman–Crippen LogP) is 0.776. The standard InChI is InChI=1S/C9H10N2O3/c12-7-5-10(6-7)8-3-1-2-4-9(8)11(13)14/h1-4,7,12H,5-6H2. The van der Waals surface area contributed by atoms with E-state index in [9.17, 15) is 10.1 Å². The van der Waals surface area contributed by atoms with Crippen molar-refractivity contribution >= 4 is 11.4 Å². The van der Waals surface area contributed by atoms with Crippen LogP contribution in [0.5, 0.6) is 0 Å². The smallest absolute Gasteiger partial charge is 0.292 e. The first-order valence-corrected chi connectivity index (χ1v) is 4.35. The third kappa shape index (κ3) is 1.42. The maximum Gasteiger partial charge on any atom is 0.292 e. The van der Waals surface area contributed by atoms with E-state index in [-0.39, 0.29) is 11.8 Å². The third-order valence-corrected chi connectivity index (χ3v) is 2.28. The molecule has 5 heteroatoms. The van der Waals surface area contributed by atoms with Crippen molar-refractivity contribution in [3.63, 3.8) is 0 Å². The average molecular weight is 194 g/mol. The zero-order valence-corrected chi connectivity index (χ0v) is 7.46. The molecule has 1 aromatic rings. The summed E-state index contributed by atoms with van der Waals surface area (Å²) in [6.07, 6.45) is -0.352. The van der Waals surface area contributed by atoms with Gasteiger partial charge in [0, 0.05) is 19.2 Å². The minimum atomic E-state index is -0.403. The molecular formula is C9H10N2O3. The molecule has 0 atom stereocenters. The van der Waals surface area contributed by atoms with E-state index in [0.717, 1.165) is 0 Å². The zero-order valence-electron chi connectivity index (χ0n) is 7.46. The molecule has 1 fully saturated rings. The van der Waals surface area contributed by atoms with Gasteiger partial charge < -0.3 is 10.0 Å². The number of β-amino-alcohol motifs (C(OH)–C–C–N with tert-alkyl or cyclic N) is 1. The Bertz CT molecular complexity index is 361. The van der Waals surface area contributed by atoms with Gasteiger partial charge in [0.15, 0.2) is 0 Å². The number of hydrogen-bond donors (Lipinski definition) is 1. The summed E-state index contributed by atoms with van der Waals surface area (Å²) in [6, 6.07) is 6.56. The molecule has 5 nitrogen and oxygen atoms in total. The van der Waals surface area contributed by atoms with E-state index in [1.807, 2.05) is 0 Å². The molecule has 0 bridgehead atoms. The summed E-state index contributed by atoms with van der Waals surface area (Å²) in [5.74, 6) is 0. The van der Waals surface area contributed by atoms with E-state index in [0.29, 0.717) is 18.8 Å². The van der Waals surface area contributed by atoms with E-state index in [4.69, 9.17) is 5.11 Å². The average Bonchev–Trinajstić information content (AvgIpc) is 2.13. The highest BCUT2D eigenvalue weighted by Gasteiger charge is 2.29. The SMILES string of the molecule is O=[N+]([O-])c1ccccc1N1CC(O)C1. The number of nitro benzene ring substituents is 1. The van der Waals surface area contributed by atoms with Crippen molar-refractivity contribution in [3.8, 4) is 0 Å². The lowest BCUT2D eigenvalue weighted by molar-refractivity contribution is -0.384. The van der Waals surface area contributed by atoms with Crippen molar-refractivity contribution in [2.24, 2.45) is 0 Å². The molecule has 0 spiro atoms. The van der Waals surface area contributed by atoms with Crippen LogP contribution in [0.2, 0.25) is 0 Å². The Balaban J connectivity index is 2.28. The first-order chi connectivity index (χ1) is 6.68. The van der Waals surface area contributed by atoms with Gasteiger partial charge in [0.2, 0.25) is 0 Å². The van der Waals surface area contributed by atoms with Crippen molar-refractivity contribution in [2.75, 3.05) is 18.0 Å². The maximum atomic E-state index is 10.7. The second-order valence-corrected chi connectivity index (χ2v) is 3.30. The lowest BCUT2D eigenvalue weighted by Gasteiger charge is -2.37. The third-order valence-electron chi connectivity index (χ3n) is 2.28. The Morgan fingerprint density at radius 2 is 2.07 bits per heavy atom. The van der Waals surface area contributed by atoms with Crippen molar-refractivity contribution in [3.05, 3.63) is 34.4 Å². The number of aliphatic hydroxyl groups is 1. The Hall–Kier alpha value is -1.62. The van der Waals surface area contributed by atoms with Crippen LogP contribution < -0.4 is 4.90 Å². The minimum Gasteiger partial charge on any atom is -0.389 e. The van der Waals surface area contributed by atoms with Gasteiger partial charge in [0.25, 0.3) is 5.69 Å². The summed E-state index contributed by atoms with van der Waals surface area (Å²) < 4.78 is 0. The van der Waals surface area contributed by atoms with Gasteiger partial charge in [0.05, 0.1) is 11.0 Å². The highest BCUT2D eigenvalue weighted by Crippen LogP contribution is 2.30. The summed E-state index contributed by atoms with van der Waals surface area (Å²) in [6.45, 7) is 0.954. The molecule has 0 radical (unpaired) electrons. The van der Waals surface area contributed by atoms with Crippen molar-refractivity contribution < 1.29 is 10.0 Å². The summed E-state index contributed by atoms with van der Waals surface area (Å²) in [5, 5.41) is 19.8. The lowest BCUT2D eigenvalue weighted by atomic mass is 10.1. The van der Waals surface area contributed by atoms with Crippen LogP contribution in [0, 0.1) is 10.1 Å². The van der Waals surface area contributed by atoms with E-state index in [2.05, 4.69) is 0 Å². The van der Waals surface area contributed by atoms with Gasteiger partial charge in [0.1, 0.15) is 5.69 Å². The van der Waals surface area contributed by atoms with Crippen LogP contribution >= 0.6 is 0 Å². The summed E-state index contributed by atoms with van der Waals surface area (Å²) in [4.78, 5) is 12.1. The number of nitrogens with zero attached hydrogens (tertiary/aromatic N) is 2. The van der Waals surface area contributed by atoms with Crippen LogP contribution in [0.15, 0.2) is 24.3 Å². The molecule has 0 aromatic heterocycles. The number of benzene rings is 1. The number of hydrogen-bond acceptors (Lipinski definition) is 4. The lowest BCUT2D eigenvalue weighted by Crippen LogP contribution is -2.51. The molecule has 1 N–H and O–H groups in total. The van der Waals surface area contributed by atoms with Gasteiger partial charge in [-0.2, -0.15) is 0 Å². The Kier molecular flexibility index (Phi) is 2.09. The van der Waals surface area contributed by atoms with Crippen LogP contribution in [0.1, 0.15) is 0 Å². The van der Waals surface area contributed by atoms with Gasteiger partial charge in [-0.05, 0) is 6.07 Å². The predicted molar refractivity (Wildman–Crippen MR) is 51.3 cm³/mol. The molecule has 1 heterocycles. The summed E-state index contributed by atoms with van der Waals surface area (Å²) in [5.41, 5.74) is 0.683. The molecule has 1 aliphatic heterocycles. The van der Waals surface area contributed by atoms with Crippen molar-refractivity contribution in [1.82, 2.24) is 0 Å². The molecule has 1 saturated heterocycles. The van der Waals surface area contributed by atoms with Crippen LogP contribution in [-0.2, 0) is 0 Å². The van der Waals surface area contributed by atoms with Gasteiger partial charge in [-0.15, -0.1) is 0 Å². The second kappa shape index (κ2) is 3.26. The van der Waals surface area contributed by atoms with Gasteiger partial charge in [-0.25, -0.2) is 0 Å². The Morgan fingerprint density at radius 3 is 2.64 bits per heavy atom. The van der Waals surface area contributed by atoms with E-state index in [1.165, 1.54) is 6.07 Å². The zero-order chi connectivity index (χ0) is 10.1. The fraction of sp³-hybridized carbons (Fsp3) is 0.333. The van der Waals surface area contributed by atoms with Crippen LogP contribution in [0.25, 0.3) is 0 Å². The molecule has 0 amide bonds. The molecule has 0 aliphatic carbocycles. The molecular weight excluding hydrogens is 184 g/mol. The fourth-order valence-corrected chi connectivity index (χ4v) is 1.54. The summed E-state index contributed by atoms with van der Waals surface area (Å²) >= 11 is 0. The normalized spacial score (nSPS) is 16.5. The highest BCUT2D eigenvalue weighted by atomic mass is 16.6. The molecule has 0 saturated carbocycles. The quantitative estimate of drug-likeness (QED) is 0.558. The maximum absolute atomic E-state index is 10.7. The topological polar surface area (TPSA) is 66.6 Å². The summed E-state index contributed by atoms with van der Waals surface area (Å²) in [7, 11) is 0. The van der Waals surface area contributed by atoms with Crippen LogP contribution in [-0.4, -0.2) is 29.2 Å². The monoisotopic (exact) mass is 194 g/mol. The fourth-order valence-electron chi connectivity index (χ4n) is 1.54. The van der Waals surface area contributed by atoms with E-state index < -0.39 is 4.92 Å². The first kappa shape index (κ1) is 8.96. The van der Waals surface area contributed by atoms with E-state index in [1.54, 1.807) is 23.1 Å². The molecule has 0 unspecified atom stereocenters. The van der Waals surface area contributed by atoms with Crippen LogP contribution in [0.3, 0.4) is 0 Å². The number of nitro groups is 1. The van der Waals surface area contributed by atoms with E-state index >= 15 is 0 Å². The number of aliphatic hydroxyl groups excluding tert-OH is 1. The van der Waals surface area contributed by atoms with Crippen molar-refractivity contribution in [1.29, 1.82) is 0 Å². The number of anilines is 1. The minimum absolute atomic E-state index is 0.0967. The number of rotatable bonds is 2. The molecule has 2 rings (SSSR count). The first-order valence-electron chi connectivity index (χ1n) is 4.35. The Labute approximate surface area is 80.7 Å². The second-order valence-electron chi connectivity index (χ2n) is 3.30. The largest absolute Gasteiger partial charge is 0.389 e.